The van der Waals surface area contributed by atoms with Crippen molar-refractivity contribution in [1.29, 1.82) is 0 Å². The molecule has 0 unspecified atom stereocenters. The molecule has 0 bridgehead atoms. The number of amides is 2. The molecule has 19 heavy (non-hydrogen) atoms. The van der Waals surface area contributed by atoms with Gasteiger partial charge in [-0.15, -0.1) is 0 Å². The van der Waals surface area contributed by atoms with Gasteiger partial charge in [-0.05, 0) is 31.5 Å². The smallest absolute Gasteiger partial charge is 0.319 e. The molecule has 2 N–H and O–H groups in total. The average Bonchev–Trinajstić information content (AvgIpc) is 2.34. The van der Waals surface area contributed by atoms with E-state index in [1.165, 1.54) is 7.11 Å². The van der Waals surface area contributed by atoms with Crippen molar-refractivity contribution in [3.8, 4) is 0 Å². The van der Waals surface area contributed by atoms with E-state index in [0.29, 0.717) is 10.7 Å². The molecule has 0 saturated carbocycles. The van der Waals surface area contributed by atoms with Crippen molar-refractivity contribution >= 4 is 29.3 Å². The Bertz CT molecular complexity index is 477. The van der Waals surface area contributed by atoms with Crippen LogP contribution in [0.5, 0.6) is 0 Å². The predicted octanol–water partition coefficient (Wildman–Crippen LogP) is 2.72. The van der Waals surface area contributed by atoms with Gasteiger partial charge in [0.2, 0.25) is 0 Å². The Kier molecular flexibility index (Phi) is 5.63. The molecular weight excluding hydrogens is 268 g/mol. The number of urea groups is 1. The number of nitrogens with one attached hydrogen (secondary N) is 2. The number of benzene rings is 1. The Labute approximate surface area is 117 Å². The second-order valence-corrected chi connectivity index (χ2v) is 4.60. The highest BCUT2D eigenvalue weighted by molar-refractivity contribution is 6.31. The van der Waals surface area contributed by atoms with Gasteiger partial charge in [0.05, 0.1) is 13.5 Å². The lowest BCUT2D eigenvalue weighted by molar-refractivity contribution is -0.141. The first-order valence-corrected chi connectivity index (χ1v) is 6.21. The third-order valence-corrected chi connectivity index (χ3v) is 3.00. The van der Waals surface area contributed by atoms with E-state index < -0.39 is 0 Å². The fraction of sp³-hybridized carbons (Fsp3) is 0.385. The number of carbonyl (C=O) groups is 2. The van der Waals surface area contributed by atoms with Gasteiger partial charge < -0.3 is 15.4 Å². The molecule has 1 atom stereocenters. The molecule has 0 heterocycles. The third-order valence-electron chi connectivity index (χ3n) is 2.59. The minimum Gasteiger partial charge on any atom is -0.469 e. The normalized spacial score (nSPS) is 11.6. The second kappa shape index (κ2) is 6.99. The van der Waals surface area contributed by atoms with Crippen LogP contribution in [-0.2, 0) is 9.53 Å². The number of methoxy groups -OCH3 is 1. The summed E-state index contributed by atoms with van der Waals surface area (Å²) >= 11 is 5.96. The number of hydrogen-bond acceptors (Lipinski definition) is 3. The molecular formula is C13H17ClN2O3. The van der Waals surface area contributed by atoms with E-state index in [4.69, 9.17) is 11.6 Å². The Balaban J connectivity index is 2.56. The van der Waals surface area contributed by atoms with Gasteiger partial charge in [0, 0.05) is 16.8 Å². The first-order valence-electron chi connectivity index (χ1n) is 5.83. The zero-order chi connectivity index (χ0) is 14.4. The van der Waals surface area contributed by atoms with E-state index in [9.17, 15) is 9.59 Å². The molecule has 0 aromatic heterocycles. The second-order valence-electron chi connectivity index (χ2n) is 4.19. The molecule has 1 aromatic carbocycles. The quantitative estimate of drug-likeness (QED) is 0.836. The fourth-order valence-electron chi connectivity index (χ4n) is 1.51. The molecule has 104 valence electrons. The lowest BCUT2D eigenvalue weighted by atomic mass is 10.2. The number of rotatable bonds is 4. The van der Waals surface area contributed by atoms with Crippen molar-refractivity contribution in [1.82, 2.24) is 5.32 Å². The maximum atomic E-state index is 11.7. The van der Waals surface area contributed by atoms with Crippen LogP contribution < -0.4 is 10.6 Å². The number of ether oxygens (including phenoxy) is 1. The van der Waals surface area contributed by atoms with E-state index in [2.05, 4.69) is 15.4 Å². The molecule has 5 nitrogen and oxygen atoms in total. The minimum atomic E-state index is -0.387. The highest BCUT2D eigenvalue weighted by atomic mass is 35.5. The molecule has 2 amide bonds. The molecule has 1 rings (SSSR count). The van der Waals surface area contributed by atoms with Gasteiger partial charge in [-0.2, -0.15) is 0 Å². The SMILES string of the molecule is COC(=O)C[C@H](C)NC(=O)Nc1cccc(Cl)c1C. The molecule has 0 spiro atoms. The summed E-state index contributed by atoms with van der Waals surface area (Å²) in [6.45, 7) is 3.54. The summed E-state index contributed by atoms with van der Waals surface area (Å²) in [4.78, 5) is 22.8. The van der Waals surface area contributed by atoms with Gasteiger partial charge in [-0.1, -0.05) is 17.7 Å². The first-order chi connectivity index (χ1) is 8.93. The Morgan fingerprint density at radius 3 is 2.74 bits per heavy atom. The number of halogens is 1. The van der Waals surface area contributed by atoms with Gasteiger partial charge >= 0.3 is 12.0 Å². The van der Waals surface area contributed by atoms with Crippen LogP contribution in [0.15, 0.2) is 18.2 Å². The van der Waals surface area contributed by atoms with Crippen molar-refractivity contribution in [3.63, 3.8) is 0 Å². The number of carbonyl (C=O) groups excluding carboxylic acids is 2. The fourth-order valence-corrected chi connectivity index (χ4v) is 1.68. The van der Waals surface area contributed by atoms with Gasteiger partial charge in [0.15, 0.2) is 0 Å². The summed E-state index contributed by atoms with van der Waals surface area (Å²) < 4.78 is 4.53. The predicted molar refractivity (Wildman–Crippen MR) is 74.4 cm³/mol. The summed E-state index contributed by atoms with van der Waals surface area (Å²) in [5, 5.41) is 5.92. The van der Waals surface area contributed by atoms with Crippen molar-refractivity contribution in [2.24, 2.45) is 0 Å². The molecule has 0 radical (unpaired) electrons. The van der Waals surface area contributed by atoms with Gasteiger partial charge in [-0.3, -0.25) is 4.79 Å². The highest BCUT2D eigenvalue weighted by Gasteiger charge is 2.13. The average molecular weight is 285 g/mol. The lowest BCUT2D eigenvalue weighted by Crippen LogP contribution is -2.37. The van der Waals surface area contributed by atoms with Gasteiger partial charge in [0.1, 0.15) is 0 Å². The van der Waals surface area contributed by atoms with E-state index in [-0.39, 0.29) is 24.5 Å². The Morgan fingerprint density at radius 2 is 2.11 bits per heavy atom. The third kappa shape index (κ3) is 4.79. The maximum absolute atomic E-state index is 11.7. The van der Waals surface area contributed by atoms with Crippen LogP contribution in [0.25, 0.3) is 0 Å². The van der Waals surface area contributed by atoms with Crippen LogP contribution in [0.3, 0.4) is 0 Å². The lowest BCUT2D eigenvalue weighted by Gasteiger charge is -2.14. The van der Waals surface area contributed by atoms with Crippen LogP contribution >= 0.6 is 11.6 Å². The van der Waals surface area contributed by atoms with Crippen LogP contribution in [0, 0.1) is 6.92 Å². The molecule has 0 fully saturated rings. The van der Waals surface area contributed by atoms with Gasteiger partial charge in [0.25, 0.3) is 0 Å². The summed E-state index contributed by atoms with van der Waals surface area (Å²) in [6, 6.07) is 4.56. The van der Waals surface area contributed by atoms with Gasteiger partial charge in [-0.25, -0.2) is 4.79 Å². The van der Waals surface area contributed by atoms with Crippen LogP contribution in [0.1, 0.15) is 18.9 Å². The van der Waals surface area contributed by atoms with Crippen molar-refractivity contribution < 1.29 is 14.3 Å². The largest absolute Gasteiger partial charge is 0.469 e. The van der Waals surface area contributed by atoms with Crippen molar-refractivity contribution in [3.05, 3.63) is 28.8 Å². The van der Waals surface area contributed by atoms with E-state index in [0.717, 1.165) is 5.56 Å². The Hall–Kier alpha value is -1.75. The molecule has 0 aliphatic carbocycles. The molecule has 0 saturated heterocycles. The van der Waals surface area contributed by atoms with Crippen LogP contribution in [0.2, 0.25) is 5.02 Å². The zero-order valence-electron chi connectivity index (χ0n) is 11.1. The van der Waals surface area contributed by atoms with E-state index in [1.54, 1.807) is 25.1 Å². The zero-order valence-corrected chi connectivity index (χ0v) is 11.9. The monoisotopic (exact) mass is 284 g/mol. The molecule has 0 aliphatic heterocycles. The summed E-state index contributed by atoms with van der Waals surface area (Å²) in [7, 11) is 1.31. The molecule has 6 heteroatoms. The van der Waals surface area contributed by atoms with E-state index in [1.807, 2.05) is 6.92 Å². The van der Waals surface area contributed by atoms with Crippen molar-refractivity contribution in [2.75, 3.05) is 12.4 Å². The number of esters is 1. The summed E-state index contributed by atoms with van der Waals surface area (Å²) in [6.07, 6.45) is 0.123. The Morgan fingerprint density at radius 1 is 1.42 bits per heavy atom. The first kappa shape index (κ1) is 15.3. The topological polar surface area (TPSA) is 67.4 Å². The van der Waals surface area contributed by atoms with Crippen LogP contribution in [0.4, 0.5) is 10.5 Å². The van der Waals surface area contributed by atoms with Crippen molar-refractivity contribution in [2.45, 2.75) is 26.3 Å². The summed E-state index contributed by atoms with van der Waals surface area (Å²) in [5.74, 6) is -0.369. The molecule has 0 aliphatic rings. The summed E-state index contributed by atoms with van der Waals surface area (Å²) in [5.41, 5.74) is 1.43. The molecule has 1 aromatic rings. The number of hydrogen-bond donors (Lipinski definition) is 2. The number of anilines is 1. The van der Waals surface area contributed by atoms with E-state index >= 15 is 0 Å². The standard InChI is InChI=1S/C13H17ClN2O3/c1-8(7-12(17)19-3)15-13(18)16-11-6-4-5-10(14)9(11)2/h4-6,8H,7H2,1-3H3,(H2,15,16,18)/t8-/m0/s1. The minimum absolute atomic E-state index is 0.123. The highest BCUT2D eigenvalue weighted by Crippen LogP contribution is 2.22. The van der Waals surface area contributed by atoms with Crippen LogP contribution in [-0.4, -0.2) is 25.2 Å². The maximum Gasteiger partial charge on any atom is 0.319 e.